The van der Waals surface area contributed by atoms with Crippen molar-refractivity contribution in [1.29, 1.82) is 0 Å². The van der Waals surface area contributed by atoms with Crippen molar-refractivity contribution in [3.8, 4) is 5.75 Å². The molecule has 0 spiro atoms. The predicted molar refractivity (Wildman–Crippen MR) is 111 cm³/mol. The van der Waals surface area contributed by atoms with Crippen LogP contribution in [-0.2, 0) is 23.7 Å². The number of benzene rings is 1. The summed E-state index contributed by atoms with van der Waals surface area (Å²) >= 11 is 6.32. The minimum atomic E-state index is -0.140. The Hall–Kier alpha value is -2.25. The van der Waals surface area contributed by atoms with Crippen LogP contribution < -0.4 is 15.4 Å². The number of aromatic nitrogens is 2. The van der Waals surface area contributed by atoms with Crippen molar-refractivity contribution >= 4 is 17.6 Å². The number of nitrogens with one attached hydrogen (secondary N) is 2. The molecule has 7 nitrogen and oxygen atoms in total. The van der Waals surface area contributed by atoms with Crippen LogP contribution in [-0.4, -0.2) is 49.7 Å². The molecule has 152 valence electrons. The number of hydrogen-bond donors (Lipinski definition) is 2. The number of ether oxygens (including phenoxy) is 2. The molecule has 0 aliphatic carbocycles. The maximum atomic E-state index is 6.32. The van der Waals surface area contributed by atoms with Gasteiger partial charge in [-0.05, 0) is 37.1 Å². The Kier molecular flexibility index (Phi) is 6.80. The van der Waals surface area contributed by atoms with E-state index in [1.807, 2.05) is 36.0 Å². The van der Waals surface area contributed by atoms with Crippen LogP contribution in [0.2, 0.25) is 5.02 Å². The maximum absolute atomic E-state index is 6.32. The van der Waals surface area contributed by atoms with E-state index in [0.717, 1.165) is 35.8 Å². The molecule has 2 heterocycles. The maximum Gasteiger partial charge on any atom is 0.191 e. The fraction of sp³-hybridized carbons (Fsp3) is 0.500. The van der Waals surface area contributed by atoms with Crippen LogP contribution in [0.15, 0.2) is 35.5 Å². The average Bonchev–Trinajstić information content (AvgIpc) is 3.13. The third kappa shape index (κ3) is 4.59. The fourth-order valence-electron chi connectivity index (χ4n) is 3.62. The summed E-state index contributed by atoms with van der Waals surface area (Å²) in [5, 5.41) is 11.7. The van der Waals surface area contributed by atoms with Gasteiger partial charge in [0.2, 0.25) is 0 Å². The molecule has 0 radical (unpaired) electrons. The molecule has 28 heavy (non-hydrogen) atoms. The van der Waals surface area contributed by atoms with E-state index in [1.165, 1.54) is 0 Å². The lowest BCUT2D eigenvalue weighted by Gasteiger charge is -2.39. The molecular formula is C20H28ClN5O2. The van der Waals surface area contributed by atoms with Gasteiger partial charge in [-0.1, -0.05) is 11.6 Å². The zero-order valence-corrected chi connectivity index (χ0v) is 17.4. The van der Waals surface area contributed by atoms with E-state index in [1.54, 1.807) is 20.4 Å². The molecule has 1 fully saturated rings. The third-order valence-electron chi connectivity index (χ3n) is 5.36. The second-order valence-corrected chi connectivity index (χ2v) is 7.40. The molecule has 2 N–H and O–H groups in total. The molecule has 0 saturated carbocycles. The van der Waals surface area contributed by atoms with E-state index in [-0.39, 0.29) is 5.41 Å². The molecule has 1 aromatic heterocycles. The highest BCUT2D eigenvalue weighted by atomic mass is 35.5. The van der Waals surface area contributed by atoms with Crippen molar-refractivity contribution in [2.45, 2.75) is 24.8 Å². The molecule has 0 atom stereocenters. The average molecular weight is 406 g/mol. The third-order valence-corrected chi connectivity index (χ3v) is 5.60. The SMILES string of the molecule is CN=C(NCc1ccnn1C)NCC1(c2cc(Cl)ccc2OC)CCOCC1. The van der Waals surface area contributed by atoms with Crippen LogP contribution in [0.3, 0.4) is 0 Å². The summed E-state index contributed by atoms with van der Waals surface area (Å²) in [5.41, 5.74) is 2.05. The monoisotopic (exact) mass is 405 g/mol. The Balaban J connectivity index is 1.75. The molecule has 0 amide bonds. The summed E-state index contributed by atoms with van der Waals surface area (Å²) in [6.45, 7) is 2.77. The highest BCUT2D eigenvalue weighted by molar-refractivity contribution is 6.30. The predicted octanol–water partition coefficient (Wildman–Crippen LogP) is 2.50. The molecule has 3 rings (SSSR count). The van der Waals surface area contributed by atoms with Crippen molar-refractivity contribution in [2.75, 3.05) is 33.9 Å². The number of guanidine groups is 1. The first kappa shape index (κ1) is 20.5. The number of hydrogen-bond acceptors (Lipinski definition) is 4. The van der Waals surface area contributed by atoms with Crippen LogP contribution in [0.25, 0.3) is 0 Å². The first-order valence-electron chi connectivity index (χ1n) is 9.41. The number of aliphatic imine (C=N–C) groups is 1. The summed E-state index contributed by atoms with van der Waals surface area (Å²) in [4.78, 5) is 4.36. The van der Waals surface area contributed by atoms with Gasteiger partial charge >= 0.3 is 0 Å². The van der Waals surface area contributed by atoms with Gasteiger partial charge < -0.3 is 20.1 Å². The number of nitrogens with zero attached hydrogens (tertiary/aromatic N) is 3. The molecule has 2 aromatic rings. The number of halogens is 1. The Morgan fingerprint density at radius 2 is 2.11 bits per heavy atom. The summed E-state index contributed by atoms with van der Waals surface area (Å²) < 4.78 is 13.1. The smallest absolute Gasteiger partial charge is 0.191 e. The zero-order chi connectivity index (χ0) is 20.0. The van der Waals surface area contributed by atoms with E-state index < -0.39 is 0 Å². The molecule has 0 bridgehead atoms. The normalized spacial score (nSPS) is 16.6. The minimum Gasteiger partial charge on any atom is -0.496 e. The highest BCUT2D eigenvalue weighted by Crippen LogP contribution is 2.40. The van der Waals surface area contributed by atoms with Crippen molar-refractivity contribution in [2.24, 2.45) is 12.0 Å². The van der Waals surface area contributed by atoms with Gasteiger partial charge in [0.1, 0.15) is 5.75 Å². The van der Waals surface area contributed by atoms with Gasteiger partial charge in [0, 0.05) is 56.1 Å². The lowest BCUT2D eigenvalue weighted by Crippen LogP contribution is -2.48. The van der Waals surface area contributed by atoms with Gasteiger partial charge in [-0.25, -0.2) is 0 Å². The Bertz CT molecular complexity index is 815. The van der Waals surface area contributed by atoms with E-state index in [2.05, 4.69) is 20.7 Å². The van der Waals surface area contributed by atoms with Crippen LogP contribution in [0.4, 0.5) is 0 Å². The van der Waals surface area contributed by atoms with Crippen LogP contribution in [0.1, 0.15) is 24.1 Å². The first-order chi connectivity index (χ1) is 13.6. The topological polar surface area (TPSA) is 72.7 Å². The molecule has 1 aliphatic heterocycles. The lowest BCUT2D eigenvalue weighted by atomic mass is 9.73. The molecule has 8 heteroatoms. The molecule has 1 aliphatic rings. The van der Waals surface area contributed by atoms with Gasteiger partial charge in [-0.3, -0.25) is 9.67 Å². The number of rotatable bonds is 6. The zero-order valence-electron chi connectivity index (χ0n) is 16.7. The molecule has 0 unspecified atom stereocenters. The summed E-state index contributed by atoms with van der Waals surface area (Å²) in [6.07, 6.45) is 3.56. The summed E-state index contributed by atoms with van der Waals surface area (Å²) in [7, 11) is 5.40. The van der Waals surface area contributed by atoms with Crippen LogP contribution >= 0.6 is 11.6 Å². The number of methoxy groups -OCH3 is 1. The standard InChI is InChI=1S/C20H28ClN5O2/c1-22-19(23-13-16-6-9-25-26(16)2)24-14-20(7-10-28-11-8-20)17-12-15(21)4-5-18(17)27-3/h4-6,9,12H,7-8,10-11,13-14H2,1-3H3,(H2,22,23,24). The van der Waals surface area contributed by atoms with E-state index >= 15 is 0 Å². The minimum absolute atomic E-state index is 0.140. The first-order valence-corrected chi connectivity index (χ1v) is 9.79. The van der Waals surface area contributed by atoms with Crippen LogP contribution in [0.5, 0.6) is 5.75 Å². The number of aryl methyl sites for hydroxylation is 1. The largest absolute Gasteiger partial charge is 0.496 e. The van der Waals surface area contributed by atoms with Crippen molar-refractivity contribution < 1.29 is 9.47 Å². The quantitative estimate of drug-likeness (QED) is 0.570. The van der Waals surface area contributed by atoms with E-state index in [0.29, 0.717) is 31.3 Å². The van der Waals surface area contributed by atoms with Gasteiger partial charge in [-0.2, -0.15) is 5.10 Å². The summed E-state index contributed by atoms with van der Waals surface area (Å²) in [5.74, 6) is 1.60. The van der Waals surface area contributed by atoms with E-state index in [9.17, 15) is 0 Å². The Morgan fingerprint density at radius 1 is 1.32 bits per heavy atom. The molecule has 1 aromatic carbocycles. The summed E-state index contributed by atoms with van der Waals surface area (Å²) in [6, 6.07) is 7.79. The van der Waals surface area contributed by atoms with Gasteiger partial charge in [0.15, 0.2) is 5.96 Å². The van der Waals surface area contributed by atoms with Gasteiger partial charge in [-0.15, -0.1) is 0 Å². The van der Waals surface area contributed by atoms with Crippen LogP contribution in [0, 0.1) is 0 Å². The fourth-order valence-corrected chi connectivity index (χ4v) is 3.79. The Morgan fingerprint density at radius 3 is 2.75 bits per heavy atom. The van der Waals surface area contributed by atoms with Crippen molar-refractivity contribution in [3.05, 3.63) is 46.7 Å². The second-order valence-electron chi connectivity index (χ2n) is 6.96. The van der Waals surface area contributed by atoms with Crippen molar-refractivity contribution in [1.82, 2.24) is 20.4 Å². The van der Waals surface area contributed by atoms with Gasteiger partial charge in [0.05, 0.1) is 19.3 Å². The lowest BCUT2D eigenvalue weighted by molar-refractivity contribution is 0.0505. The highest BCUT2D eigenvalue weighted by Gasteiger charge is 2.37. The van der Waals surface area contributed by atoms with Gasteiger partial charge in [0.25, 0.3) is 0 Å². The van der Waals surface area contributed by atoms with Crippen molar-refractivity contribution in [3.63, 3.8) is 0 Å². The Labute approximate surface area is 171 Å². The second kappa shape index (κ2) is 9.30. The van der Waals surface area contributed by atoms with E-state index in [4.69, 9.17) is 21.1 Å². The molecule has 1 saturated heterocycles. The molecular weight excluding hydrogens is 378 g/mol.